The molecule has 10 nitrogen and oxygen atoms in total. The van der Waals surface area contributed by atoms with Gasteiger partial charge in [0.2, 0.25) is 17.7 Å². The van der Waals surface area contributed by atoms with Gasteiger partial charge in [-0.1, -0.05) is 43.1 Å². The van der Waals surface area contributed by atoms with Crippen LogP contribution in [0.15, 0.2) is 41.3 Å². The molecule has 1 saturated heterocycles. The molecule has 1 aliphatic rings. The summed E-state index contributed by atoms with van der Waals surface area (Å²) in [4.78, 5) is 66.2. The lowest BCUT2D eigenvalue weighted by atomic mass is 10.0. The average molecular weight is 593 g/mol. The highest BCUT2D eigenvalue weighted by Gasteiger charge is 2.27. The van der Waals surface area contributed by atoms with Crippen LogP contribution in [0.25, 0.3) is 0 Å². The number of amides is 4. The van der Waals surface area contributed by atoms with Crippen molar-refractivity contribution in [1.82, 2.24) is 25.4 Å². The molecule has 0 spiro atoms. The smallest absolute Gasteiger partial charge is 0.263 e. The summed E-state index contributed by atoms with van der Waals surface area (Å²) in [6.45, 7) is 5.99. The molecule has 1 aromatic carbocycles. The Morgan fingerprint density at radius 1 is 0.975 bits per heavy atom. The van der Waals surface area contributed by atoms with E-state index in [4.69, 9.17) is 23.2 Å². The molecule has 0 aliphatic carbocycles. The van der Waals surface area contributed by atoms with E-state index >= 15 is 0 Å². The number of hydrogen-bond acceptors (Lipinski definition) is 5. The number of hydrogen-bond donors (Lipinski definition) is 3. The number of nitrogens with zero attached hydrogens (tertiary/aromatic N) is 2. The van der Waals surface area contributed by atoms with Crippen molar-refractivity contribution in [3.63, 3.8) is 0 Å². The SMILES string of the molecule is CC(C)[C@H]1NC(=O)[C@@H](C)NC(=O)CCCN(C(=O)c2cccn(Cc3c(Cl)cccc3Cl)c2=O)CCCNC1=O. The van der Waals surface area contributed by atoms with Crippen LogP contribution in [0.4, 0.5) is 0 Å². The first-order valence-corrected chi connectivity index (χ1v) is 14.0. The summed E-state index contributed by atoms with van der Waals surface area (Å²) in [6, 6.07) is 6.53. The van der Waals surface area contributed by atoms with Crippen LogP contribution in [0, 0.1) is 5.92 Å². The molecule has 1 fully saturated rings. The highest BCUT2D eigenvalue weighted by molar-refractivity contribution is 6.36. The third kappa shape index (κ3) is 8.08. The number of halogens is 2. The summed E-state index contributed by atoms with van der Waals surface area (Å²) >= 11 is 12.6. The summed E-state index contributed by atoms with van der Waals surface area (Å²) < 4.78 is 1.37. The van der Waals surface area contributed by atoms with Gasteiger partial charge in [-0.25, -0.2) is 0 Å². The van der Waals surface area contributed by atoms with Gasteiger partial charge in [-0.15, -0.1) is 0 Å². The molecule has 1 aromatic heterocycles. The fourth-order valence-corrected chi connectivity index (χ4v) is 4.89. The Morgan fingerprint density at radius 3 is 2.33 bits per heavy atom. The van der Waals surface area contributed by atoms with Gasteiger partial charge >= 0.3 is 0 Å². The summed E-state index contributed by atoms with van der Waals surface area (Å²) in [5.74, 6) is -1.81. The van der Waals surface area contributed by atoms with Gasteiger partial charge in [-0.2, -0.15) is 0 Å². The van der Waals surface area contributed by atoms with E-state index in [9.17, 15) is 24.0 Å². The quantitative estimate of drug-likeness (QED) is 0.503. The number of carbonyl (C=O) groups excluding carboxylic acids is 4. The number of nitrogens with one attached hydrogen (secondary N) is 3. The van der Waals surface area contributed by atoms with E-state index in [-0.39, 0.29) is 55.9 Å². The predicted octanol–water partition coefficient (Wildman–Crippen LogP) is 2.59. The topological polar surface area (TPSA) is 130 Å². The Kier molecular flexibility index (Phi) is 11.2. The molecule has 40 heavy (non-hydrogen) atoms. The van der Waals surface area contributed by atoms with Crippen LogP contribution in [0.5, 0.6) is 0 Å². The van der Waals surface area contributed by atoms with E-state index in [1.165, 1.54) is 15.5 Å². The van der Waals surface area contributed by atoms with Crippen molar-refractivity contribution in [2.75, 3.05) is 19.6 Å². The van der Waals surface area contributed by atoms with Crippen molar-refractivity contribution in [2.24, 2.45) is 5.92 Å². The summed E-state index contributed by atoms with van der Waals surface area (Å²) in [6.07, 6.45) is 2.38. The van der Waals surface area contributed by atoms with E-state index in [1.54, 1.807) is 37.4 Å². The molecule has 2 aromatic rings. The minimum absolute atomic E-state index is 0.0274. The Labute approximate surface area is 243 Å². The van der Waals surface area contributed by atoms with Crippen molar-refractivity contribution in [3.05, 3.63) is 68.1 Å². The molecular weight excluding hydrogens is 557 g/mol. The monoisotopic (exact) mass is 591 g/mol. The maximum atomic E-state index is 13.6. The second kappa shape index (κ2) is 14.3. The molecule has 3 N–H and O–H groups in total. The minimum Gasteiger partial charge on any atom is -0.354 e. The maximum Gasteiger partial charge on any atom is 0.263 e. The summed E-state index contributed by atoms with van der Waals surface area (Å²) in [5, 5.41) is 8.98. The molecule has 12 heteroatoms. The fraction of sp³-hybridized carbons (Fsp3) is 0.464. The van der Waals surface area contributed by atoms with Crippen molar-refractivity contribution < 1.29 is 19.2 Å². The van der Waals surface area contributed by atoms with Gasteiger partial charge < -0.3 is 25.4 Å². The van der Waals surface area contributed by atoms with Crippen LogP contribution in [-0.4, -0.2) is 64.8 Å². The Balaban J connectivity index is 1.81. The van der Waals surface area contributed by atoms with Crippen molar-refractivity contribution in [2.45, 2.75) is 58.7 Å². The molecule has 4 amide bonds. The molecule has 0 radical (unpaired) electrons. The second-order valence-electron chi connectivity index (χ2n) is 10.1. The zero-order chi connectivity index (χ0) is 29.4. The molecular formula is C28H35Cl2N5O5. The zero-order valence-corrected chi connectivity index (χ0v) is 24.3. The normalized spacial score (nSPS) is 19.8. The van der Waals surface area contributed by atoms with Crippen LogP contribution >= 0.6 is 23.2 Å². The highest BCUT2D eigenvalue weighted by Crippen LogP contribution is 2.24. The van der Waals surface area contributed by atoms with Crippen LogP contribution in [-0.2, 0) is 20.9 Å². The molecule has 0 unspecified atom stereocenters. The van der Waals surface area contributed by atoms with Gasteiger partial charge in [0.25, 0.3) is 11.5 Å². The number of carbonyl (C=O) groups is 4. The number of rotatable bonds is 4. The first kappa shape index (κ1) is 31.2. The first-order valence-electron chi connectivity index (χ1n) is 13.3. The van der Waals surface area contributed by atoms with Gasteiger partial charge in [0.15, 0.2) is 0 Å². The third-order valence-electron chi connectivity index (χ3n) is 6.68. The molecule has 216 valence electrons. The van der Waals surface area contributed by atoms with E-state index in [0.29, 0.717) is 28.5 Å². The summed E-state index contributed by atoms with van der Waals surface area (Å²) in [5.41, 5.74) is 0.0411. The Morgan fingerprint density at radius 2 is 1.65 bits per heavy atom. The molecule has 1 aliphatic heterocycles. The molecule has 3 rings (SSSR count). The average Bonchev–Trinajstić information content (AvgIpc) is 2.90. The van der Waals surface area contributed by atoms with E-state index in [1.807, 2.05) is 13.8 Å². The molecule has 2 atom stereocenters. The lowest BCUT2D eigenvalue weighted by Gasteiger charge is -2.24. The number of pyridine rings is 1. The van der Waals surface area contributed by atoms with Crippen molar-refractivity contribution >= 4 is 46.8 Å². The largest absolute Gasteiger partial charge is 0.354 e. The minimum atomic E-state index is -0.834. The van der Waals surface area contributed by atoms with Crippen molar-refractivity contribution in [3.8, 4) is 0 Å². The van der Waals surface area contributed by atoms with Gasteiger partial charge in [0, 0.05) is 47.9 Å². The first-order chi connectivity index (χ1) is 19.0. The molecule has 0 saturated carbocycles. The Hall–Kier alpha value is -3.37. The maximum absolute atomic E-state index is 13.6. The third-order valence-corrected chi connectivity index (χ3v) is 7.39. The highest BCUT2D eigenvalue weighted by atomic mass is 35.5. The second-order valence-corrected chi connectivity index (χ2v) is 10.9. The molecule has 0 bridgehead atoms. The van der Waals surface area contributed by atoms with Gasteiger partial charge in [0.1, 0.15) is 17.6 Å². The zero-order valence-electron chi connectivity index (χ0n) is 22.8. The van der Waals surface area contributed by atoms with Crippen LogP contribution < -0.4 is 21.5 Å². The molecule has 2 heterocycles. The Bertz CT molecular complexity index is 1290. The van der Waals surface area contributed by atoms with Gasteiger partial charge in [-0.05, 0) is 49.9 Å². The number of aromatic nitrogens is 1. The lowest BCUT2D eigenvalue weighted by molar-refractivity contribution is -0.132. The fourth-order valence-electron chi connectivity index (χ4n) is 4.38. The van der Waals surface area contributed by atoms with Gasteiger partial charge in [-0.3, -0.25) is 24.0 Å². The van der Waals surface area contributed by atoms with Crippen molar-refractivity contribution in [1.29, 1.82) is 0 Å². The van der Waals surface area contributed by atoms with Gasteiger partial charge in [0.05, 0.1) is 6.54 Å². The summed E-state index contributed by atoms with van der Waals surface area (Å²) in [7, 11) is 0. The van der Waals surface area contributed by atoms with Crippen LogP contribution in [0.3, 0.4) is 0 Å². The van der Waals surface area contributed by atoms with Crippen LogP contribution in [0.2, 0.25) is 10.0 Å². The predicted molar refractivity (Wildman–Crippen MR) is 153 cm³/mol. The van der Waals surface area contributed by atoms with Crippen LogP contribution in [0.1, 0.15) is 56.0 Å². The lowest BCUT2D eigenvalue weighted by Crippen LogP contribution is -2.54. The van der Waals surface area contributed by atoms with E-state index in [2.05, 4.69) is 16.0 Å². The van der Waals surface area contributed by atoms with E-state index in [0.717, 1.165) is 0 Å². The number of benzene rings is 1. The van der Waals surface area contributed by atoms with E-state index < -0.39 is 29.5 Å². The standard InChI is InChI=1S/C28H35Cl2N5O5/c1-17(2)24-26(38)31-12-7-15-34(13-6-11-23(36)32-18(3)25(37)33-24)27(39)19-8-5-14-35(28(19)40)16-20-21(29)9-4-10-22(20)30/h4-5,8-10,14,17-18,24H,6-7,11-13,15-16H2,1-3H3,(H,31,38)(H,32,36)(H,33,37)/t18-,24-/m1/s1.